The van der Waals surface area contributed by atoms with Gasteiger partial charge < -0.3 is 0 Å². The molecule has 0 aromatic heterocycles. The SMILES string of the molecule is N#CCCN(CCC#N)CN1C(=O)[C@@H]2CC=CC[C@H]2C1=O. The Labute approximate surface area is 124 Å². The second-order valence-electron chi connectivity index (χ2n) is 5.34. The summed E-state index contributed by atoms with van der Waals surface area (Å²) in [7, 11) is 0. The Kier molecular flexibility index (Phi) is 5.08. The number of rotatable bonds is 6. The lowest BCUT2D eigenvalue weighted by Crippen LogP contribution is -2.42. The molecule has 2 amide bonds. The van der Waals surface area contributed by atoms with Crippen LogP contribution < -0.4 is 0 Å². The van der Waals surface area contributed by atoms with Gasteiger partial charge in [0, 0.05) is 25.9 Å². The minimum atomic E-state index is -0.226. The molecular weight excluding hydrogens is 268 g/mol. The first-order valence-electron chi connectivity index (χ1n) is 7.15. The van der Waals surface area contributed by atoms with E-state index in [9.17, 15) is 9.59 Å². The first-order valence-corrected chi connectivity index (χ1v) is 7.15. The molecule has 0 bridgehead atoms. The number of hydrogen-bond donors (Lipinski definition) is 0. The first kappa shape index (κ1) is 15.2. The summed E-state index contributed by atoms with van der Waals surface area (Å²) in [6.07, 6.45) is 5.80. The number of hydrogen-bond acceptors (Lipinski definition) is 5. The fourth-order valence-electron chi connectivity index (χ4n) is 2.88. The number of allylic oxidation sites excluding steroid dienone is 2. The molecule has 110 valence electrons. The van der Waals surface area contributed by atoms with Crippen molar-refractivity contribution in [1.82, 2.24) is 9.80 Å². The number of amides is 2. The zero-order valence-electron chi connectivity index (χ0n) is 11.9. The predicted molar refractivity (Wildman–Crippen MR) is 74.1 cm³/mol. The highest BCUT2D eigenvalue weighted by atomic mass is 16.2. The molecule has 1 aliphatic carbocycles. The fraction of sp³-hybridized carbons (Fsp3) is 0.600. The normalized spacial score (nSPS) is 24.0. The number of carbonyl (C=O) groups excluding carboxylic acids is 2. The number of likely N-dealkylation sites (tertiary alicyclic amines) is 1. The summed E-state index contributed by atoms with van der Waals surface area (Å²) in [5, 5.41) is 17.4. The molecule has 21 heavy (non-hydrogen) atoms. The average Bonchev–Trinajstić information content (AvgIpc) is 2.75. The van der Waals surface area contributed by atoms with E-state index in [4.69, 9.17) is 10.5 Å². The van der Waals surface area contributed by atoms with E-state index in [2.05, 4.69) is 0 Å². The number of fused-ring (bicyclic) bond motifs is 1. The predicted octanol–water partition coefficient (Wildman–Crippen LogP) is 1.02. The van der Waals surface area contributed by atoms with Crippen molar-refractivity contribution in [3.63, 3.8) is 0 Å². The van der Waals surface area contributed by atoms with Gasteiger partial charge in [0.25, 0.3) is 0 Å². The average molecular weight is 286 g/mol. The highest BCUT2D eigenvalue weighted by Gasteiger charge is 2.47. The van der Waals surface area contributed by atoms with Crippen molar-refractivity contribution in [2.24, 2.45) is 11.8 Å². The van der Waals surface area contributed by atoms with Crippen molar-refractivity contribution in [1.29, 1.82) is 10.5 Å². The van der Waals surface area contributed by atoms with Crippen LogP contribution >= 0.6 is 0 Å². The van der Waals surface area contributed by atoms with Crippen LogP contribution in [-0.4, -0.2) is 41.4 Å². The van der Waals surface area contributed by atoms with E-state index in [0.717, 1.165) is 0 Å². The van der Waals surface area contributed by atoms with Crippen LogP contribution in [-0.2, 0) is 9.59 Å². The van der Waals surface area contributed by atoms with Crippen molar-refractivity contribution in [3.8, 4) is 12.1 Å². The molecule has 0 spiro atoms. The van der Waals surface area contributed by atoms with Crippen LogP contribution in [0.15, 0.2) is 12.2 Å². The third kappa shape index (κ3) is 3.29. The van der Waals surface area contributed by atoms with E-state index in [1.54, 1.807) is 0 Å². The number of nitrogens with zero attached hydrogens (tertiary/aromatic N) is 4. The Balaban J connectivity index is 2.03. The van der Waals surface area contributed by atoms with Gasteiger partial charge in [-0.15, -0.1) is 0 Å². The van der Waals surface area contributed by atoms with Crippen LogP contribution in [0.1, 0.15) is 25.7 Å². The van der Waals surface area contributed by atoms with Gasteiger partial charge in [0.15, 0.2) is 0 Å². The van der Waals surface area contributed by atoms with Crippen molar-refractivity contribution in [3.05, 3.63) is 12.2 Å². The van der Waals surface area contributed by atoms with Crippen molar-refractivity contribution >= 4 is 11.8 Å². The zero-order valence-corrected chi connectivity index (χ0v) is 11.9. The Morgan fingerprint density at radius 2 is 1.52 bits per heavy atom. The topological polar surface area (TPSA) is 88.2 Å². The van der Waals surface area contributed by atoms with Crippen LogP contribution in [0.4, 0.5) is 0 Å². The number of carbonyl (C=O) groups is 2. The maximum atomic E-state index is 12.3. The van der Waals surface area contributed by atoms with Crippen LogP contribution in [0.25, 0.3) is 0 Å². The summed E-state index contributed by atoms with van der Waals surface area (Å²) in [6.45, 7) is 1.11. The van der Waals surface area contributed by atoms with E-state index in [-0.39, 0.29) is 30.3 Å². The lowest BCUT2D eigenvalue weighted by molar-refractivity contribution is -0.142. The van der Waals surface area contributed by atoms with Gasteiger partial charge in [0.1, 0.15) is 0 Å². The standard InChI is InChI=1S/C15H18N4O2/c16-7-3-9-18(10-4-8-17)11-19-14(20)12-5-1-2-6-13(12)15(19)21/h1-2,12-13H,3-6,9-11H2/t12-,13-/m1/s1. The molecule has 2 aliphatic rings. The molecule has 1 aliphatic heterocycles. The van der Waals surface area contributed by atoms with Gasteiger partial charge in [-0.2, -0.15) is 10.5 Å². The molecule has 0 unspecified atom stereocenters. The van der Waals surface area contributed by atoms with Gasteiger partial charge >= 0.3 is 0 Å². The van der Waals surface area contributed by atoms with Crippen LogP contribution in [0.3, 0.4) is 0 Å². The zero-order chi connectivity index (χ0) is 15.2. The second kappa shape index (κ2) is 7.01. The van der Waals surface area contributed by atoms with E-state index < -0.39 is 0 Å². The summed E-state index contributed by atoms with van der Waals surface area (Å²) in [4.78, 5) is 27.8. The molecule has 0 saturated carbocycles. The monoisotopic (exact) mass is 286 g/mol. The molecule has 0 N–H and O–H groups in total. The smallest absolute Gasteiger partial charge is 0.234 e. The largest absolute Gasteiger partial charge is 0.284 e. The summed E-state index contributed by atoms with van der Waals surface area (Å²) in [5.41, 5.74) is 0. The van der Waals surface area contributed by atoms with Gasteiger partial charge in [0.05, 0.1) is 30.6 Å². The summed E-state index contributed by atoms with van der Waals surface area (Å²) >= 11 is 0. The van der Waals surface area contributed by atoms with E-state index in [1.165, 1.54) is 4.90 Å². The molecule has 0 aromatic rings. The second-order valence-corrected chi connectivity index (χ2v) is 5.34. The first-order chi connectivity index (χ1) is 10.2. The highest BCUT2D eigenvalue weighted by molar-refractivity contribution is 6.05. The van der Waals surface area contributed by atoms with Crippen molar-refractivity contribution in [2.75, 3.05) is 19.8 Å². The molecule has 0 aromatic carbocycles. The molecule has 1 heterocycles. The molecule has 2 rings (SSSR count). The van der Waals surface area contributed by atoms with E-state index >= 15 is 0 Å². The quantitative estimate of drug-likeness (QED) is 0.537. The Hall–Kier alpha value is -2.18. The minimum Gasteiger partial charge on any atom is -0.284 e. The van der Waals surface area contributed by atoms with Crippen LogP contribution in [0, 0.1) is 34.5 Å². The van der Waals surface area contributed by atoms with Gasteiger partial charge in [-0.3, -0.25) is 19.4 Å². The van der Waals surface area contributed by atoms with Crippen molar-refractivity contribution in [2.45, 2.75) is 25.7 Å². The lowest BCUT2D eigenvalue weighted by atomic mass is 9.85. The minimum absolute atomic E-state index is 0.117. The molecular formula is C15H18N4O2. The third-order valence-corrected chi connectivity index (χ3v) is 4.02. The Morgan fingerprint density at radius 3 is 1.95 bits per heavy atom. The van der Waals surface area contributed by atoms with Gasteiger partial charge in [-0.25, -0.2) is 0 Å². The van der Waals surface area contributed by atoms with Crippen LogP contribution in [0.2, 0.25) is 0 Å². The number of nitriles is 2. The van der Waals surface area contributed by atoms with Gasteiger partial charge in [-0.1, -0.05) is 12.2 Å². The molecule has 0 radical (unpaired) electrons. The summed E-state index contributed by atoms with van der Waals surface area (Å²) in [5.74, 6) is -0.686. The van der Waals surface area contributed by atoms with Gasteiger partial charge in [-0.05, 0) is 12.8 Å². The summed E-state index contributed by atoms with van der Waals surface area (Å²) in [6, 6.07) is 4.10. The molecule has 1 fully saturated rings. The van der Waals surface area contributed by atoms with Gasteiger partial charge in [0.2, 0.25) is 11.8 Å². The van der Waals surface area contributed by atoms with Crippen molar-refractivity contribution < 1.29 is 9.59 Å². The lowest BCUT2D eigenvalue weighted by Gasteiger charge is -2.25. The van der Waals surface area contributed by atoms with E-state index in [0.29, 0.717) is 38.8 Å². The maximum absolute atomic E-state index is 12.3. The molecule has 2 atom stereocenters. The highest BCUT2D eigenvalue weighted by Crippen LogP contribution is 2.35. The van der Waals surface area contributed by atoms with E-state index in [1.807, 2.05) is 29.2 Å². The maximum Gasteiger partial charge on any atom is 0.234 e. The Morgan fingerprint density at radius 1 is 1.05 bits per heavy atom. The number of imide groups is 1. The third-order valence-electron chi connectivity index (χ3n) is 4.02. The Bertz CT molecular complexity index is 485. The molecule has 6 nitrogen and oxygen atoms in total. The van der Waals surface area contributed by atoms with Crippen LogP contribution in [0.5, 0.6) is 0 Å². The molecule has 1 saturated heterocycles. The fourth-order valence-corrected chi connectivity index (χ4v) is 2.88. The summed E-state index contributed by atoms with van der Waals surface area (Å²) < 4.78 is 0. The molecule has 6 heteroatoms.